The van der Waals surface area contributed by atoms with Gasteiger partial charge in [-0.3, -0.25) is 18.9 Å². The maximum Gasteiger partial charge on any atom is 0.267 e. The molecule has 36 heavy (non-hydrogen) atoms. The number of aromatic nitrogens is 2. The second-order valence-electron chi connectivity index (χ2n) is 9.96. The molecule has 0 N–H and O–H groups in total. The third-order valence-corrected chi connectivity index (χ3v) is 8.23. The van der Waals surface area contributed by atoms with Gasteiger partial charge in [0, 0.05) is 25.8 Å². The van der Waals surface area contributed by atoms with Gasteiger partial charge >= 0.3 is 0 Å². The highest BCUT2D eigenvalue weighted by Gasteiger charge is 2.33. The predicted molar refractivity (Wildman–Crippen MR) is 151 cm³/mol. The van der Waals surface area contributed by atoms with Gasteiger partial charge in [-0.15, -0.1) is 0 Å². The van der Waals surface area contributed by atoms with Crippen molar-refractivity contribution in [2.45, 2.75) is 33.6 Å². The number of aryl methyl sites for hydroxylation is 1. The molecule has 4 heterocycles. The van der Waals surface area contributed by atoms with E-state index in [0.717, 1.165) is 37.1 Å². The van der Waals surface area contributed by atoms with Gasteiger partial charge < -0.3 is 4.90 Å². The number of nitrogens with zero attached hydrogens (tertiary/aromatic N) is 4. The van der Waals surface area contributed by atoms with Crippen molar-refractivity contribution in [3.8, 4) is 0 Å². The van der Waals surface area contributed by atoms with E-state index in [1.54, 1.807) is 21.6 Å². The first-order chi connectivity index (χ1) is 17.3. The summed E-state index contributed by atoms with van der Waals surface area (Å²) >= 11 is 6.82. The smallest absolute Gasteiger partial charge is 0.267 e. The van der Waals surface area contributed by atoms with Gasteiger partial charge in [-0.25, -0.2) is 4.98 Å². The lowest BCUT2D eigenvalue weighted by atomic mass is 9.91. The predicted octanol–water partition coefficient (Wildman–Crippen LogP) is 4.93. The number of pyridine rings is 1. The van der Waals surface area contributed by atoms with Crippen LogP contribution in [0.2, 0.25) is 0 Å². The Balaban J connectivity index is 1.54. The molecular formula is C28H30N4O2S2. The topological polar surface area (TPSA) is 57.9 Å². The van der Waals surface area contributed by atoms with Crippen molar-refractivity contribution in [1.82, 2.24) is 14.3 Å². The van der Waals surface area contributed by atoms with Crippen LogP contribution in [0, 0.1) is 18.8 Å². The zero-order valence-electron chi connectivity index (χ0n) is 20.8. The molecule has 8 heteroatoms. The van der Waals surface area contributed by atoms with Crippen LogP contribution in [0.25, 0.3) is 11.7 Å². The monoisotopic (exact) mass is 518 g/mol. The van der Waals surface area contributed by atoms with E-state index in [1.807, 2.05) is 49.4 Å². The van der Waals surface area contributed by atoms with Crippen LogP contribution < -0.4 is 10.5 Å². The Bertz CT molecular complexity index is 1410. The van der Waals surface area contributed by atoms with Crippen molar-refractivity contribution in [2.24, 2.45) is 11.8 Å². The number of anilines is 1. The first-order valence-electron chi connectivity index (χ1n) is 12.4. The quantitative estimate of drug-likeness (QED) is 0.353. The van der Waals surface area contributed by atoms with Crippen LogP contribution >= 0.6 is 24.0 Å². The summed E-state index contributed by atoms with van der Waals surface area (Å²) in [4.78, 5) is 36.4. The number of amides is 1. The van der Waals surface area contributed by atoms with E-state index in [-0.39, 0.29) is 11.5 Å². The number of rotatable bonds is 5. The maximum atomic E-state index is 13.8. The summed E-state index contributed by atoms with van der Waals surface area (Å²) in [6.07, 6.45) is 5.32. The minimum absolute atomic E-state index is 0.152. The molecule has 0 saturated carbocycles. The van der Waals surface area contributed by atoms with E-state index in [9.17, 15) is 9.59 Å². The van der Waals surface area contributed by atoms with Crippen LogP contribution in [-0.4, -0.2) is 44.1 Å². The van der Waals surface area contributed by atoms with Gasteiger partial charge in [0.15, 0.2) is 0 Å². The molecule has 2 fully saturated rings. The molecule has 0 unspecified atom stereocenters. The number of hydrogen-bond acceptors (Lipinski definition) is 6. The Morgan fingerprint density at radius 3 is 2.53 bits per heavy atom. The first kappa shape index (κ1) is 24.7. The number of carbonyl (C=O) groups excluding carboxylic acids is 1. The fraction of sp³-hybridized carbons (Fsp3) is 0.357. The number of thioether (sulfide) groups is 1. The van der Waals surface area contributed by atoms with E-state index < -0.39 is 0 Å². The van der Waals surface area contributed by atoms with E-state index in [2.05, 4.69) is 18.7 Å². The SMILES string of the molecule is Cc1cccn2c(=O)c(/C=C3\SC(=S)N(CCc4ccccc4)C3=O)c(N3C[C@H](C)C[C@H](C)C3)nc12. The molecule has 0 bridgehead atoms. The molecule has 0 radical (unpaired) electrons. The Kier molecular flexibility index (Phi) is 6.99. The summed E-state index contributed by atoms with van der Waals surface area (Å²) < 4.78 is 2.10. The van der Waals surface area contributed by atoms with Crippen molar-refractivity contribution in [3.63, 3.8) is 0 Å². The lowest BCUT2D eigenvalue weighted by Gasteiger charge is -2.36. The molecular weight excluding hydrogens is 488 g/mol. The standard InChI is InChI=1S/C28H30N4O2S2/c1-18-14-19(2)17-30(16-18)25-22(26(33)31-12-7-8-20(3)24(31)29-25)15-23-27(34)32(28(35)36-23)13-11-21-9-5-4-6-10-21/h4-10,12,15,18-19H,11,13-14,16-17H2,1-3H3/b23-15-/t18-,19+. The summed E-state index contributed by atoms with van der Waals surface area (Å²) in [5, 5.41) is 0. The number of hydrogen-bond donors (Lipinski definition) is 0. The third kappa shape index (κ3) is 4.84. The average molecular weight is 519 g/mol. The number of thiocarbonyl (C=S) groups is 1. The molecule has 1 amide bonds. The molecule has 2 aliphatic heterocycles. The fourth-order valence-corrected chi connectivity index (χ4v) is 6.50. The number of fused-ring (bicyclic) bond motifs is 1. The van der Waals surface area contributed by atoms with E-state index in [1.165, 1.54) is 11.8 Å². The molecule has 0 aliphatic carbocycles. The minimum Gasteiger partial charge on any atom is -0.355 e. The Morgan fingerprint density at radius 2 is 1.81 bits per heavy atom. The molecule has 3 aromatic rings. The summed E-state index contributed by atoms with van der Waals surface area (Å²) in [6.45, 7) is 8.60. The molecule has 2 atom stereocenters. The molecule has 2 aliphatic rings. The second-order valence-corrected chi connectivity index (χ2v) is 11.6. The zero-order valence-corrected chi connectivity index (χ0v) is 22.4. The molecule has 6 nitrogen and oxygen atoms in total. The molecule has 5 rings (SSSR count). The first-order valence-corrected chi connectivity index (χ1v) is 13.6. The van der Waals surface area contributed by atoms with Gasteiger partial charge in [-0.2, -0.15) is 0 Å². The normalized spacial score (nSPS) is 21.7. The molecule has 186 valence electrons. The van der Waals surface area contributed by atoms with Gasteiger partial charge in [-0.1, -0.05) is 74.2 Å². The van der Waals surface area contributed by atoms with Crippen molar-refractivity contribution < 1.29 is 4.79 Å². The third-order valence-electron chi connectivity index (χ3n) is 6.85. The van der Waals surface area contributed by atoms with E-state index in [0.29, 0.717) is 44.6 Å². The highest BCUT2D eigenvalue weighted by Crippen LogP contribution is 2.34. The Labute approximate surface area is 221 Å². The van der Waals surface area contributed by atoms with Gasteiger partial charge in [-0.05, 0) is 54.9 Å². The van der Waals surface area contributed by atoms with Crippen LogP contribution in [0.15, 0.2) is 58.4 Å². The van der Waals surface area contributed by atoms with Crippen molar-refractivity contribution in [2.75, 3.05) is 24.5 Å². The van der Waals surface area contributed by atoms with Crippen LogP contribution in [0.1, 0.15) is 37.0 Å². The highest BCUT2D eigenvalue weighted by atomic mass is 32.2. The van der Waals surface area contributed by atoms with Gasteiger partial charge in [0.25, 0.3) is 11.5 Å². The van der Waals surface area contributed by atoms with Crippen LogP contribution in [0.4, 0.5) is 5.82 Å². The zero-order chi connectivity index (χ0) is 25.4. The lowest BCUT2D eigenvalue weighted by molar-refractivity contribution is -0.122. The van der Waals surface area contributed by atoms with E-state index in [4.69, 9.17) is 17.2 Å². The summed E-state index contributed by atoms with van der Waals surface area (Å²) in [7, 11) is 0. The van der Waals surface area contributed by atoms with Crippen molar-refractivity contribution >= 4 is 51.7 Å². The van der Waals surface area contributed by atoms with Crippen LogP contribution in [0.3, 0.4) is 0 Å². The van der Waals surface area contributed by atoms with Crippen molar-refractivity contribution in [1.29, 1.82) is 0 Å². The number of carbonyl (C=O) groups is 1. The van der Waals surface area contributed by atoms with E-state index >= 15 is 0 Å². The Morgan fingerprint density at radius 1 is 1.08 bits per heavy atom. The van der Waals surface area contributed by atoms with Crippen LogP contribution in [-0.2, 0) is 11.2 Å². The van der Waals surface area contributed by atoms with Gasteiger partial charge in [0.05, 0.1) is 10.5 Å². The molecule has 0 spiro atoms. The number of piperidine rings is 1. The lowest BCUT2D eigenvalue weighted by Crippen LogP contribution is -2.40. The summed E-state index contributed by atoms with van der Waals surface area (Å²) in [5.74, 6) is 1.49. The highest BCUT2D eigenvalue weighted by molar-refractivity contribution is 8.26. The summed E-state index contributed by atoms with van der Waals surface area (Å²) in [6, 6.07) is 13.9. The molecule has 2 saturated heterocycles. The summed E-state index contributed by atoms with van der Waals surface area (Å²) in [5.41, 5.74) is 3.02. The average Bonchev–Trinajstić information content (AvgIpc) is 3.11. The van der Waals surface area contributed by atoms with Crippen LogP contribution in [0.5, 0.6) is 0 Å². The number of benzene rings is 1. The second kappa shape index (κ2) is 10.2. The molecule has 2 aromatic heterocycles. The van der Waals surface area contributed by atoms with Gasteiger partial charge in [0.2, 0.25) is 0 Å². The Hall–Kier alpha value is -2.97. The van der Waals surface area contributed by atoms with Gasteiger partial charge in [0.1, 0.15) is 15.8 Å². The van der Waals surface area contributed by atoms with Crippen molar-refractivity contribution in [3.05, 3.63) is 80.6 Å². The fourth-order valence-electron chi connectivity index (χ4n) is 5.21. The molecule has 1 aromatic carbocycles. The minimum atomic E-state index is -0.167. The maximum absolute atomic E-state index is 13.8. The largest absolute Gasteiger partial charge is 0.355 e.